The zero-order valence-corrected chi connectivity index (χ0v) is 13.0. The van der Waals surface area contributed by atoms with Crippen molar-refractivity contribution in [1.29, 1.82) is 0 Å². The predicted octanol–water partition coefficient (Wildman–Crippen LogP) is 2.19. The zero-order valence-electron chi connectivity index (χ0n) is 12.2. The van der Waals surface area contributed by atoms with Crippen molar-refractivity contribution in [3.8, 4) is 11.5 Å². The highest BCUT2D eigenvalue weighted by atomic mass is 32.2. The van der Waals surface area contributed by atoms with Gasteiger partial charge in [-0.2, -0.15) is 4.31 Å². The van der Waals surface area contributed by atoms with Gasteiger partial charge in [-0.25, -0.2) is 8.42 Å². The van der Waals surface area contributed by atoms with Gasteiger partial charge in [-0.3, -0.25) is 0 Å². The minimum absolute atomic E-state index is 0.185. The molecule has 1 heterocycles. The van der Waals surface area contributed by atoms with Crippen LogP contribution in [0.3, 0.4) is 0 Å². The number of aryl methyl sites for hydroxylation is 1. The van der Waals surface area contributed by atoms with Crippen LogP contribution in [0.4, 0.5) is 0 Å². The van der Waals surface area contributed by atoms with Crippen LogP contribution in [0.25, 0.3) is 0 Å². The minimum atomic E-state index is -3.53. The molecule has 0 aromatic heterocycles. The number of hydrogen-bond donors (Lipinski definition) is 0. The van der Waals surface area contributed by atoms with Gasteiger partial charge in [-0.1, -0.05) is 6.42 Å². The Kier molecular flexibility index (Phi) is 4.55. The van der Waals surface area contributed by atoms with E-state index in [2.05, 4.69) is 0 Å². The summed E-state index contributed by atoms with van der Waals surface area (Å²) in [4.78, 5) is 0.185. The molecule has 0 saturated carbocycles. The third-order valence-corrected chi connectivity index (χ3v) is 5.53. The maximum Gasteiger partial charge on any atom is 0.246 e. The third kappa shape index (κ3) is 2.76. The molecule has 0 radical (unpaired) electrons. The molecular weight excluding hydrogens is 278 g/mol. The van der Waals surface area contributed by atoms with E-state index in [1.54, 1.807) is 12.1 Å². The average molecular weight is 299 g/mol. The number of rotatable bonds is 4. The van der Waals surface area contributed by atoms with Crippen LogP contribution in [0, 0.1) is 6.92 Å². The van der Waals surface area contributed by atoms with Crippen LogP contribution < -0.4 is 9.47 Å². The van der Waals surface area contributed by atoms with Crippen LogP contribution in [0.1, 0.15) is 24.8 Å². The first kappa shape index (κ1) is 15.1. The van der Waals surface area contributed by atoms with Crippen LogP contribution in [0.5, 0.6) is 11.5 Å². The summed E-state index contributed by atoms with van der Waals surface area (Å²) in [6.07, 6.45) is 2.90. The molecule has 1 aliphatic heterocycles. The van der Waals surface area contributed by atoms with E-state index in [-0.39, 0.29) is 4.90 Å². The van der Waals surface area contributed by atoms with E-state index < -0.39 is 10.0 Å². The molecule has 0 atom stereocenters. The van der Waals surface area contributed by atoms with Crippen molar-refractivity contribution in [2.24, 2.45) is 0 Å². The van der Waals surface area contributed by atoms with Crippen molar-refractivity contribution in [2.45, 2.75) is 31.1 Å². The number of ether oxygens (including phenoxy) is 2. The summed E-state index contributed by atoms with van der Waals surface area (Å²) < 4.78 is 37.5. The molecule has 1 aliphatic rings. The molecule has 1 saturated heterocycles. The molecule has 6 heteroatoms. The topological polar surface area (TPSA) is 55.8 Å². The van der Waals surface area contributed by atoms with Crippen molar-refractivity contribution >= 4 is 10.0 Å². The van der Waals surface area contributed by atoms with Crippen molar-refractivity contribution in [2.75, 3.05) is 27.3 Å². The summed E-state index contributed by atoms with van der Waals surface area (Å²) in [5.41, 5.74) is 0.849. The molecule has 1 aromatic carbocycles. The standard InChI is InChI=1S/C14H21NO4S/c1-11-9-13(19-3)14(10-12(11)18-2)20(16,17)15-7-5-4-6-8-15/h9-10H,4-8H2,1-3H3. The second-order valence-electron chi connectivity index (χ2n) is 4.94. The van der Waals surface area contributed by atoms with Gasteiger partial charge in [0.25, 0.3) is 0 Å². The molecule has 0 N–H and O–H groups in total. The van der Waals surface area contributed by atoms with Crippen molar-refractivity contribution in [3.63, 3.8) is 0 Å². The van der Waals surface area contributed by atoms with E-state index in [0.29, 0.717) is 24.6 Å². The lowest BCUT2D eigenvalue weighted by Crippen LogP contribution is -2.35. The van der Waals surface area contributed by atoms with Gasteiger partial charge in [-0.05, 0) is 31.4 Å². The van der Waals surface area contributed by atoms with Gasteiger partial charge in [0, 0.05) is 19.2 Å². The van der Waals surface area contributed by atoms with E-state index in [1.807, 2.05) is 6.92 Å². The molecule has 0 bridgehead atoms. The van der Waals surface area contributed by atoms with Gasteiger partial charge in [0.15, 0.2) is 0 Å². The molecule has 0 aliphatic carbocycles. The summed E-state index contributed by atoms with van der Waals surface area (Å²) in [5, 5.41) is 0. The van der Waals surface area contributed by atoms with Gasteiger partial charge in [0.05, 0.1) is 14.2 Å². The molecule has 2 rings (SSSR count). The van der Waals surface area contributed by atoms with E-state index in [4.69, 9.17) is 9.47 Å². The number of nitrogens with zero attached hydrogens (tertiary/aromatic N) is 1. The van der Waals surface area contributed by atoms with Crippen LogP contribution in [0.2, 0.25) is 0 Å². The monoisotopic (exact) mass is 299 g/mol. The van der Waals surface area contributed by atoms with Gasteiger partial charge in [-0.15, -0.1) is 0 Å². The number of hydrogen-bond acceptors (Lipinski definition) is 4. The zero-order chi connectivity index (χ0) is 14.8. The smallest absolute Gasteiger partial charge is 0.246 e. The molecule has 1 fully saturated rings. The highest BCUT2D eigenvalue weighted by molar-refractivity contribution is 7.89. The molecular formula is C14H21NO4S. The SMILES string of the molecule is COc1cc(S(=O)(=O)N2CCCCC2)c(OC)cc1C. The lowest BCUT2D eigenvalue weighted by Gasteiger charge is -2.26. The molecule has 0 amide bonds. The van der Waals surface area contributed by atoms with Crippen molar-refractivity contribution < 1.29 is 17.9 Å². The normalized spacial score (nSPS) is 16.9. The molecule has 5 nitrogen and oxygen atoms in total. The Morgan fingerprint density at radius 2 is 1.60 bits per heavy atom. The molecule has 0 spiro atoms. The number of sulfonamides is 1. The second kappa shape index (κ2) is 6.01. The van der Waals surface area contributed by atoms with E-state index in [1.165, 1.54) is 18.5 Å². The van der Waals surface area contributed by atoms with Crippen molar-refractivity contribution in [1.82, 2.24) is 4.31 Å². The predicted molar refractivity (Wildman–Crippen MR) is 76.9 cm³/mol. The fourth-order valence-corrected chi connectivity index (χ4v) is 4.14. The molecule has 1 aromatic rings. The summed E-state index contributed by atoms with van der Waals surface area (Å²) >= 11 is 0. The first-order valence-electron chi connectivity index (χ1n) is 6.73. The Hall–Kier alpha value is -1.27. The lowest BCUT2D eigenvalue weighted by atomic mass is 10.2. The largest absolute Gasteiger partial charge is 0.496 e. The Bertz CT molecular complexity index is 577. The molecule has 20 heavy (non-hydrogen) atoms. The van der Waals surface area contributed by atoms with Gasteiger partial charge in [0.2, 0.25) is 10.0 Å². The first-order chi connectivity index (χ1) is 9.50. The maximum atomic E-state index is 12.7. The fraction of sp³-hybridized carbons (Fsp3) is 0.571. The maximum absolute atomic E-state index is 12.7. The Morgan fingerprint density at radius 1 is 1.00 bits per heavy atom. The summed E-state index contributed by atoms with van der Waals surface area (Å²) in [7, 11) is -0.509. The summed E-state index contributed by atoms with van der Waals surface area (Å²) in [5.74, 6) is 0.926. The number of methoxy groups -OCH3 is 2. The van der Waals surface area contributed by atoms with Gasteiger partial charge >= 0.3 is 0 Å². The second-order valence-corrected chi connectivity index (χ2v) is 6.84. The van der Waals surface area contributed by atoms with Crippen molar-refractivity contribution in [3.05, 3.63) is 17.7 Å². The first-order valence-corrected chi connectivity index (χ1v) is 8.17. The van der Waals surface area contributed by atoms with Crippen LogP contribution in [0.15, 0.2) is 17.0 Å². The van der Waals surface area contributed by atoms with Gasteiger partial charge in [0.1, 0.15) is 16.4 Å². The summed E-state index contributed by atoms with van der Waals surface area (Å²) in [6.45, 7) is 3.00. The lowest BCUT2D eigenvalue weighted by molar-refractivity contribution is 0.341. The molecule has 112 valence electrons. The van der Waals surface area contributed by atoms with E-state index >= 15 is 0 Å². The quantitative estimate of drug-likeness (QED) is 0.855. The summed E-state index contributed by atoms with van der Waals surface area (Å²) in [6, 6.07) is 3.26. The number of benzene rings is 1. The van der Waals surface area contributed by atoms with Crippen LogP contribution >= 0.6 is 0 Å². The third-order valence-electron chi connectivity index (χ3n) is 3.61. The van der Waals surface area contributed by atoms with Crippen LogP contribution in [-0.4, -0.2) is 40.0 Å². The Morgan fingerprint density at radius 3 is 2.15 bits per heavy atom. The molecule has 0 unspecified atom stereocenters. The highest BCUT2D eigenvalue weighted by Gasteiger charge is 2.29. The number of piperidine rings is 1. The fourth-order valence-electron chi connectivity index (χ4n) is 2.47. The van der Waals surface area contributed by atoms with Gasteiger partial charge < -0.3 is 9.47 Å². The Labute approximate surface area is 120 Å². The minimum Gasteiger partial charge on any atom is -0.496 e. The highest BCUT2D eigenvalue weighted by Crippen LogP contribution is 2.34. The van der Waals surface area contributed by atoms with E-state index in [9.17, 15) is 8.42 Å². The average Bonchev–Trinajstić information content (AvgIpc) is 2.47. The Balaban J connectivity index is 2.49. The van der Waals surface area contributed by atoms with E-state index in [0.717, 1.165) is 24.8 Å². The van der Waals surface area contributed by atoms with Crippen LogP contribution in [-0.2, 0) is 10.0 Å².